The highest BCUT2D eigenvalue weighted by Gasteiger charge is 2.36. The van der Waals surface area contributed by atoms with Crippen LogP contribution >= 0.6 is 0 Å². The molecule has 22 heavy (non-hydrogen) atoms. The summed E-state index contributed by atoms with van der Waals surface area (Å²) in [6, 6.07) is 0.0624. The summed E-state index contributed by atoms with van der Waals surface area (Å²) in [6.45, 7) is 0.891. The van der Waals surface area contributed by atoms with Gasteiger partial charge in [0.25, 0.3) is 0 Å². The van der Waals surface area contributed by atoms with Crippen LogP contribution in [0.3, 0.4) is 0 Å². The largest absolute Gasteiger partial charge is 0.355 e. The third-order valence-corrected chi connectivity index (χ3v) is 3.39. The van der Waals surface area contributed by atoms with E-state index in [9.17, 15) is 9.59 Å². The van der Waals surface area contributed by atoms with Crippen molar-refractivity contribution in [1.29, 1.82) is 5.26 Å². The van der Waals surface area contributed by atoms with Gasteiger partial charge in [-0.25, -0.2) is 0 Å². The number of rotatable bonds is 7. The molecular weight excluding hydrogens is 288 g/mol. The van der Waals surface area contributed by atoms with Crippen molar-refractivity contribution >= 4 is 11.8 Å². The van der Waals surface area contributed by atoms with Crippen molar-refractivity contribution in [3.8, 4) is 6.07 Å². The van der Waals surface area contributed by atoms with Crippen LogP contribution in [0.4, 0.5) is 0 Å². The molecule has 120 valence electrons. The van der Waals surface area contributed by atoms with Crippen LogP contribution in [-0.4, -0.2) is 54.5 Å². The lowest BCUT2D eigenvalue weighted by atomic mass is 10.1. The molecule has 1 aliphatic heterocycles. The number of nitrogens with one attached hydrogen (secondary N) is 1. The van der Waals surface area contributed by atoms with Gasteiger partial charge in [-0.15, -0.1) is 0 Å². The summed E-state index contributed by atoms with van der Waals surface area (Å²) in [5.74, 6) is -0.632. The van der Waals surface area contributed by atoms with Gasteiger partial charge >= 0.3 is 0 Å². The van der Waals surface area contributed by atoms with Gasteiger partial charge in [0.2, 0.25) is 11.8 Å². The monoisotopic (exact) mass is 308 g/mol. The van der Waals surface area contributed by atoms with Crippen LogP contribution in [0.5, 0.6) is 0 Å². The SMILES string of the molecule is N#C[C@@H]1CC(N=[N+]=[N-])CN1C(=O)[C@@H](N)CCC(=O)NCCN. The standard InChI is InChI=1S/C12H20N8O2/c13-3-4-17-11(21)2-1-10(15)12(22)20-7-8(18-19-16)5-9(20)6-14/h8-10H,1-5,7,13,15H2,(H,17,21)/t8?,9-,10-/m0/s1. The molecule has 0 saturated carbocycles. The molecule has 0 bridgehead atoms. The first-order chi connectivity index (χ1) is 10.5. The van der Waals surface area contributed by atoms with E-state index in [1.54, 1.807) is 0 Å². The van der Waals surface area contributed by atoms with E-state index in [0.29, 0.717) is 19.5 Å². The van der Waals surface area contributed by atoms with Crippen molar-refractivity contribution in [2.75, 3.05) is 19.6 Å². The van der Waals surface area contributed by atoms with Crippen molar-refractivity contribution in [3.05, 3.63) is 10.4 Å². The average molecular weight is 308 g/mol. The fourth-order valence-electron chi connectivity index (χ4n) is 2.26. The van der Waals surface area contributed by atoms with E-state index in [1.807, 2.05) is 6.07 Å². The molecule has 3 atom stereocenters. The molecule has 1 saturated heterocycles. The van der Waals surface area contributed by atoms with Crippen molar-refractivity contribution in [1.82, 2.24) is 10.2 Å². The zero-order valence-electron chi connectivity index (χ0n) is 12.2. The van der Waals surface area contributed by atoms with E-state index in [0.717, 1.165) is 0 Å². The second-order valence-corrected chi connectivity index (χ2v) is 5.01. The zero-order valence-corrected chi connectivity index (χ0v) is 12.2. The summed E-state index contributed by atoms with van der Waals surface area (Å²) >= 11 is 0. The van der Waals surface area contributed by atoms with Crippen LogP contribution in [0.25, 0.3) is 10.4 Å². The van der Waals surface area contributed by atoms with Gasteiger partial charge in [0.05, 0.1) is 18.2 Å². The Hall–Kier alpha value is -2.34. The molecule has 2 amide bonds. The van der Waals surface area contributed by atoms with Gasteiger partial charge in [0.1, 0.15) is 6.04 Å². The summed E-state index contributed by atoms with van der Waals surface area (Å²) in [7, 11) is 0. The minimum Gasteiger partial charge on any atom is -0.355 e. The summed E-state index contributed by atoms with van der Waals surface area (Å²) in [4.78, 5) is 27.7. The van der Waals surface area contributed by atoms with Crippen molar-refractivity contribution < 1.29 is 9.59 Å². The molecule has 0 radical (unpaired) electrons. The summed E-state index contributed by atoms with van der Waals surface area (Å²) in [5, 5.41) is 15.2. The molecule has 1 heterocycles. The van der Waals surface area contributed by atoms with Crippen LogP contribution in [0.2, 0.25) is 0 Å². The topological polar surface area (TPSA) is 174 Å². The highest BCUT2D eigenvalue weighted by molar-refractivity contribution is 5.84. The van der Waals surface area contributed by atoms with E-state index >= 15 is 0 Å². The molecule has 1 unspecified atom stereocenters. The predicted octanol–water partition coefficient (Wildman–Crippen LogP) is -1.03. The average Bonchev–Trinajstić information content (AvgIpc) is 2.93. The number of carbonyl (C=O) groups is 2. The number of amides is 2. The zero-order chi connectivity index (χ0) is 16.5. The second-order valence-electron chi connectivity index (χ2n) is 5.01. The molecular formula is C12H20N8O2. The lowest BCUT2D eigenvalue weighted by molar-refractivity contribution is -0.132. The van der Waals surface area contributed by atoms with Crippen molar-refractivity contribution in [2.45, 2.75) is 37.4 Å². The number of nitrogens with two attached hydrogens (primary N) is 2. The quantitative estimate of drug-likeness (QED) is 0.309. The summed E-state index contributed by atoms with van der Waals surface area (Å²) in [5.41, 5.74) is 19.5. The summed E-state index contributed by atoms with van der Waals surface area (Å²) in [6.07, 6.45) is 0.587. The highest BCUT2D eigenvalue weighted by atomic mass is 16.2. The number of hydrogen-bond donors (Lipinski definition) is 3. The Balaban J connectivity index is 2.53. The normalized spacial score (nSPS) is 21.6. The molecule has 1 aliphatic rings. The highest BCUT2D eigenvalue weighted by Crippen LogP contribution is 2.21. The summed E-state index contributed by atoms with van der Waals surface area (Å²) < 4.78 is 0. The maximum atomic E-state index is 12.3. The first-order valence-electron chi connectivity index (χ1n) is 7.00. The predicted molar refractivity (Wildman–Crippen MR) is 77.9 cm³/mol. The van der Waals surface area contributed by atoms with E-state index in [-0.39, 0.29) is 25.3 Å². The molecule has 0 aromatic carbocycles. The van der Waals surface area contributed by atoms with Crippen molar-refractivity contribution in [3.63, 3.8) is 0 Å². The van der Waals surface area contributed by atoms with Gasteiger partial charge in [0, 0.05) is 31.0 Å². The Morgan fingerprint density at radius 1 is 1.59 bits per heavy atom. The number of likely N-dealkylation sites (tertiary alicyclic amines) is 1. The van der Waals surface area contributed by atoms with Crippen LogP contribution in [0, 0.1) is 11.3 Å². The number of azide groups is 1. The van der Waals surface area contributed by atoms with Gasteiger partial charge in [-0.1, -0.05) is 5.11 Å². The molecule has 5 N–H and O–H groups in total. The van der Waals surface area contributed by atoms with Gasteiger partial charge in [-0.3, -0.25) is 9.59 Å². The van der Waals surface area contributed by atoms with Gasteiger partial charge in [-0.2, -0.15) is 5.26 Å². The molecule has 1 fully saturated rings. The van der Waals surface area contributed by atoms with Gasteiger partial charge in [0.15, 0.2) is 0 Å². The van der Waals surface area contributed by atoms with Crippen LogP contribution in [0.1, 0.15) is 19.3 Å². The Morgan fingerprint density at radius 3 is 2.91 bits per heavy atom. The first-order valence-corrected chi connectivity index (χ1v) is 7.00. The maximum Gasteiger partial charge on any atom is 0.240 e. The van der Waals surface area contributed by atoms with Crippen LogP contribution in [-0.2, 0) is 9.59 Å². The lowest BCUT2D eigenvalue weighted by Crippen LogP contribution is -2.46. The molecule has 1 rings (SSSR count). The Morgan fingerprint density at radius 2 is 2.32 bits per heavy atom. The molecule has 0 aromatic rings. The molecule has 10 heteroatoms. The lowest BCUT2D eigenvalue weighted by Gasteiger charge is -2.23. The van der Waals surface area contributed by atoms with Gasteiger partial charge in [-0.05, 0) is 18.4 Å². The minimum absolute atomic E-state index is 0.109. The molecule has 10 nitrogen and oxygen atoms in total. The molecule has 0 aromatic heterocycles. The van der Waals surface area contributed by atoms with Crippen molar-refractivity contribution in [2.24, 2.45) is 16.6 Å². The Kier molecular flexibility index (Phi) is 7.12. The Labute approximate surface area is 128 Å². The second kappa shape index (κ2) is 8.84. The third-order valence-electron chi connectivity index (χ3n) is 3.39. The smallest absolute Gasteiger partial charge is 0.240 e. The number of hydrogen-bond acceptors (Lipinski definition) is 6. The van der Waals surface area contributed by atoms with E-state index < -0.39 is 24.0 Å². The molecule has 0 spiro atoms. The fourth-order valence-corrected chi connectivity index (χ4v) is 2.26. The fraction of sp³-hybridized carbons (Fsp3) is 0.750. The number of carbonyl (C=O) groups excluding carboxylic acids is 2. The van der Waals surface area contributed by atoms with Crippen LogP contribution in [0.15, 0.2) is 5.11 Å². The van der Waals surface area contributed by atoms with Gasteiger partial charge < -0.3 is 21.7 Å². The minimum atomic E-state index is -0.871. The van der Waals surface area contributed by atoms with E-state index in [4.69, 9.17) is 22.3 Å². The van der Waals surface area contributed by atoms with E-state index in [1.165, 1.54) is 4.90 Å². The van der Waals surface area contributed by atoms with E-state index in [2.05, 4.69) is 15.3 Å². The maximum absolute atomic E-state index is 12.3. The number of nitriles is 1. The molecule has 0 aliphatic carbocycles. The van der Waals surface area contributed by atoms with Crippen LogP contribution < -0.4 is 16.8 Å². The third kappa shape index (κ3) is 4.89. The first kappa shape index (κ1) is 17.7. The number of nitrogens with zero attached hydrogens (tertiary/aromatic N) is 5. The Bertz CT molecular complexity index is 496.